The maximum atomic E-state index is 10.5. The van der Waals surface area contributed by atoms with Gasteiger partial charge in [-0.1, -0.05) is 0 Å². The van der Waals surface area contributed by atoms with Crippen LogP contribution >= 0.6 is 0 Å². The van der Waals surface area contributed by atoms with Crippen LogP contribution in [0.15, 0.2) is 18.5 Å². The predicted octanol–water partition coefficient (Wildman–Crippen LogP) is 0.753. The van der Waals surface area contributed by atoms with E-state index >= 15 is 0 Å². The van der Waals surface area contributed by atoms with Gasteiger partial charge in [0.05, 0.1) is 5.60 Å². The number of aliphatic hydroxyl groups is 1. The highest BCUT2D eigenvalue weighted by molar-refractivity contribution is 5.47. The van der Waals surface area contributed by atoms with E-state index in [1.807, 2.05) is 0 Å². The van der Waals surface area contributed by atoms with E-state index in [-0.39, 0.29) is 6.04 Å². The van der Waals surface area contributed by atoms with Crippen molar-refractivity contribution in [3.63, 3.8) is 0 Å². The van der Waals surface area contributed by atoms with Crippen LogP contribution in [-0.2, 0) is 5.60 Å². The Labute approximate surface area is 89.3 Å². The van der Waals surface area contributed by atoms with Crippen LogP contribution in [0.3, 0.4) is 0 Å². The van der Waals surface area contributed by atoms with Gasteiger partial charge < -0.3 is 16.6 Å². The van der Waals surface area contributed by atoms with Crippen LogP contribution in [0.2, 0.25) is 0 Å². The van der Waals surface area contributed by atoms with Gasteiger partial charge in [0.25, 0.3) is 0 Å². The Kier molecular flexibility index (Phi) is 2.63. The summed E-state index contributed by atoms with van der Waals surface area (Å²) in [5.41, 5.74) is 12.2. The Morgan fingerprint density at radius 2 is 2.07 bits per heavy atom. The molecule has 0 atom stereocenters. The zero-order valence-electron chi connectivity index (χ0n) is 8.69. The number of pyridine rings is 1. The average Bonchev–Trinajstić information content (AvgIpc) is 2.23. The monoisotopic (exact) mass is 207 g/mol. The lowest BCUT2D eigenvalue weighted by atomic mass is 9.78. The minimum atomic E-state index is -0.825. The Bertz CT molecular complexity index is 345. The molecule has 0 bridgehead atoms. The number of rotatable bonds is 1. The van der Waals surface area contributed by atoms with Gasteiger partial charge in [0.2, 0.25) is 0 Å². The van der Waals surface area contributed by atoms with Crippen LogP contribution in [0.1, 0.15) is 31.2 Å². The molecule has 0 aromatic carbocycles. The first kappa shape index (κ1) is 10.4. The molecule has 1 aliphatic rings. The zero-order valence-corrected chi connectivity index (χ0v) is 8.69. The standard InChI is InChI=1S/C11H17N3O/c12-8-1-4-11(15,5-2-8)9-7-14-6-3-10(9)13/h3,6-8,15H,1-2,4-5,12H2,(H2,13,14). The average molecular weight is 207 g/mol. The van der Waals surface area contributed by atoms with E-state index in [0.717, 1.165) is 18.4 Å². The van der Waals surface area contributed by atoms with Gasteiger partial charge in [-0.05, 0) is 31.7 Å². The fourth-order valence-electron chi connectivity index (χ4n) is 2.18. The molecule has 0 saturated heterocycles. The number of nitrogens with zero attached hydrogens (tertiary/aromatic N) is 1. The van der Waals surface area contributed by atoms with Crippen molar-refractivity contribution in [2.24, 2.45) is 5.73 Å². The van der Waals surface area contributed by atoms with Crippen LogP contribution in [0.5, 0.6) is 0 Å². The summed E-state index contributed by atoms with van der Waals surface area (Å²) in [6.07, 6.45) is 6.31. The molecule has 5 N–H and O–H groups in total. The summed E-state index contributed by atoms with van der Waals surface area (Å²) in [6.45, 7) is 0. The number of nitrogens with two attached hydrogens (primary N) is 2. The molecule has 82 valence electrons. The third kappa shape index (κ3) is 1.96. The van der Waals surface area contributed by atoms with Gasteiger partial charge in [-0.3, -0.25) is 4.98 Å². The molecule has 1 aromatic heterocycles. The Morgan fingerprint density at radius 3 is 2.67 bits per heavy atom. The molecule has 4 heteroatoms. The van der Waals surface area contributed by atoms with E-state index in [9.17, 15) is 5.11 Å². The molecule has 0 radical (unpaired) electrons. The van der Waals surface area contributed by atoms with Gasteiger partial charge in [-0.25, -0.2) is 0 Å². The molecular weight excluding hydrogens is 190 g/mol. The molecule has 1 fully saturated rings. The van der Waals surface area contributed by atoms with E-state index in [4.69, 9.17) is 11.5 Å². The second-order valence-electron chi connectivity index (χ2n) is 4.33. The van der Waals surface area contributed by atoms with Gasteiger partial charge in [-0.15, -0.1) is 0 Å². The Morgan fingerprint density at radius 1 is 1.40 bits per heavy atom. The molecule has 2 rings (SSSR count). The molecule has 4 nitrogen and oxygen atoms in total. The van der Waals surface area contributed by atoms with Crippen molar-refractivity contribution < 1.29 is 5.11 Å². The molecule has 1 aromatic rings. The molecule has 0 unspecified atom stereocenters. The molecule has 15 heavy (non-hydrogen) atoms. The lowest BCUT2D eigenvalue weighted by molar-refractivity contribution is -0.00455. The quantitative estimate of drug-likeness (QED) is 0.634. The van der Waals surface area contributed by atoms with Crippen LogP contribution < -0.4 is 11.5 Å². The van der Waals surface area contributed by atoms with Crippen molar-refractivity contribution in [3.8, 4) is 0 Å². The van der Waals surface area contributed by atoms with Crippen molar-refractivity contribution in [1.82, 2.24) is 4.98 Å². The summed E-state index contributed by atoms with van der Waals surface area (Å²) in [4.78, 5) is 4.01. The number of anilines is 1. The molecule has 0 amide bonds. The summed E-state index contributed by atoms with van der Waals surface area (Å²) >= 11 is 0. The predicted molar refractivity (Wildman–Crippen MR) is 59.0 cm³/mol. The molecule has 1 heterocycles. The SMILES string of the molecule is Nc1ccncc1C1(O)CCC(N)CC1. The number of nitrogen functional groups attached to an aromatic ring is 1. The first-order chi connectivity index (χ1) is 7.12. The topological polar surface area (TPSA) is 85.2 Å². The fraction of sp³-hybridized carbons (Fsp3) is 0.545. The van der Waals surface area contributed by atoms with Crippen molar-refractivity contribution in [2.75, 3.05) is 5.73 Å². The van der Waals surface area contributed by atoms with Gasteiger partial charge >= 0.3 is 0 Å². The van der Waals surface area contributed by atoms with Crippen molar-refractivity contribution in [1.29, 1.82) is 0 Å². The van der Waals surface area contributed by atoms with Gasteiger partial charge in [0, 0.05) is 29.7 Å². The number of hydrogen-bond donors (Lipinski definition) is 3. The smallest absolute Gasteiger partial charge is 0.0932 e. The molecule has 1 aliphatic carbocycles. The Balaban J connectivity index is 2.26. The summed E-state index contributed by atoms with van der Waals surface area (Å²) in [7, 11) is 0. The minimum absolute atomic E-state index is 0.211. The van der Waals surface area contributed by atoms with Gasteiger partial charge in [-0.2, -0.15) is 0 Å². The van der Waals surface area contributed by atoms with Crippen molar-refractivity contribution >= 4 is 5.69 Å². The number of aromatic nitrogens is 1. The molecular formula is C11H17N3O. The highest BCUT2D eigenvalue weighted by Gasteiger charge is 2.35. The van der Waals surface area contributed by atoms with E-state index in [0.29, 0.717) is 18.5 Å². The summed E-state index contributed by atoms with van der Waals surface area (Å²) in [6, 6.07) is 1.94. The maximum Gasteiger partial charge on any atom is 0.0932 e. The minimum Gasteiger partial charge on any atom is -0.398 e. The molecule has 0 aliphatic heterocycles. The van der Waals surface area contributed by atoms with Crippen LogP contribution in [0.4, 0.5) is 5.69 Å². The van der Waals surface area contributed by atoms with E-state index in [1.54, 1.807) is 18.5 Å². The van der Waals surface area contributed by atoms with Crippen LogP contribution in [-0.4, -0.2) is 16.1 Å². The highest BCUT2D eigenvalue weighted by atomic mass is 16.3. The summed E-state index contributed by atoms with van der Waals surface area (Å²) < 4.78 is 0. The molecule has 1 saturated carbocycles. The third-order valence-corrected chi connectivity index (χ3v) is 3.21. The largest absolute Gasteiger partial charge is 0.398 e. The zero-order chi connectivity index (χ0) is 10.9. The molecule has 0 spiro atoms. The summed E-state index contributed by atoms with van der Waals surface area (Å²) in [5, 5.41) is 10.5. The van der Waals surface area contributed by atoms with E-state index < -0.39 is 5.60 Å². The first-order valence-electron chi connectivity index (χ1n) is 5.30. The van der Waals surface area contributed by atoms with Crippen molar-refractivity contribution in [2.45, 2.75) is 37.3 Å². The highest BCUT2D eigenvalue weighted by Crippen LogP contribution is 2.38. The lowest BCUT2D eigenvalue weighted by Gasteiger charge is -2.35. The number of hydrogen-bond acceptors (Lipinski definition) is 4. The van der Waals surface area contributed by atoms with Gasteiger partial charge in [0.15, 0.2) is 0 Å². The maximum absolute atomic E-state index is 10.5. The second-order valence-corrected chi connectivity index (χ2v) is 4.33. The lowest BCUT2D eigenvalue weighted by Crippen LogP contribution is -2.37. The first-order valence-corrected chi connectivity index (χ1v) is 5.30. The van der Waals surface area contributed by atoms with Crippen molar-refractivity contribution in [3.05, 3.63) is 24.0 Å². The van der Waals surface area contributed by atoms with Gasteiger partial charge in [0.1, 0.15) is 0 Å². The van der Waals surface area contributed by atoms with Crippen LogP contribution in [0, 0.1) is 0 Å². The second kappa shape index (κ2) is 3.79. The Hall–Kier alpha value is -1.13. The van der Waals surface area contributed by atoms with E-state index in [1.165, 1.54) is 0 Å². The third-order valence-electron chi connectivity index (χ3n) is 3.21. The van der Waals surface area contributed by atoms with E-state index in [2.05, 4.69) is 4.98 Å². The summed E-state index contributed by atoms with van der Waals surface area (Å²) in [5.74, 6) is 0. The fourth-order valence-corrected chi connectivity index (χ4v) is 2.18. The van der Waals surface area contributed by atoms with Crippen LogP contribution in [0.25, 0.3) is 0 Å². The normalized spacial score (nSPS) is 31.5.